The van der Waals surface area contributed by atoms with Gasteiger partial charge in [0, 0.05) is 12.7 Å². The van der Waals surface area contributed by atoms with Crippen molar-refractivity contribution in [2.75, 3.05) is 13.7 Å². The molecule has 0 aliphatic carbocycles. The monoisotopic (exact) mass is 490 g/mol. The molecule has 0 radical (unpaired) electrons. The molecule has 0 amide bonds. The largest absolute Gasteiger partial charge is 0.452 e. The van der Waals surface area contributed by atoms with Crippen molar-refractivity contribution in [1.29, 1.82) is 0 Å². The van der Waals surface area contributed by atoms with Gasteiger partial charge >= 0.3 is 11.9 Å². The summed E-state index contributed by atoms with van der Waals surface area (Å²) in [6.45, 7) is 0.169. The Hall–Kier alpha value is -3.56. The molecule has 186 valence electrons. The highest BCUT2D eigenvalue weighted by atomic mass is 16.8. The summed E-state index contributed by atoms with van der Waals surface area (Å²) >= 11 is 0. The summed E-state index contributed by atoms with van der Waals surface area (Å²) in [6.07, 6.45) is -5.23. The predicted molar refractivity (Wildman–Crippen MR) is 127 cm³/mol. The summed E-state index contributed by atoms with van der Waals surface area (Å²) in [5.74, 6) is -1.18. The minimum absolute atomic E-state index is 0.169. The van der Waals surface area contributed by atoms with Crippen LogP contribution in [0, 0.1) is 0 Å². The second-order valence-corrected chi connectivity index (χ2v) is 8.43. The van der Waals surface area contributed by atoms with E-state index in [1.807, 2.05) is 30.3 Å². The van der Waals surface area contributed by atoms with E-state index < -0.39 is 48.9 Å². The van der Waals surface area contributed by atoms with Crippen molar-refractivity contribution in [3.63, 3.8) is 0 Å². The molecule has 2 aliphatic rings. The van der Waals surface area contributed by atoms with Crippen LogP contribution in [0.25, 0.3) is 0 Å². The summed E-state index contributed by atoms with van der Waals surface area (Å²) in [5.41, 5.74) is 1.50. The van der Waals surface area contributed by atoms with Crippen LogP contribution in [0.5, 0.6) is 0 Å². The molecule has 8 heteroatoms. The first-order valence-electron chi connectivity index (χ1n) is 11.7. The van der Waals surface area contributed by atoms with Gasteiger partial charge in [-0.3, -0.25) is 0 Å². The van der Waals surface area contributed by atoms with Gasteiger partial charge in [-0.2, -0.15) is 0 Å². The van der Waals surface area contributed by atoms with Gasteiger partial charge in [-0.15, -0.1) is 0 Å². The lowest BCUT2D eigenvalue weighted by Crippen LogP contribution is -2.64. The van der Waals surface area contributed by atoms with Crippen LogP contribution in [0.3, 0.4) is 0 Å². The Kier molecular flexibility index (Phi) is 7.39. The number of ether oxygens (including phenoxy) is 6. The molecule has 8 nitrogen and oxygen atoms in total. The molecule has 36 heavy (non-hydrogen) atoms. The van der Waals surface area contributed by atoms with Gasteiger partial charge in [-0.05, 0) is 24.3 Å². The third-order valence-corrected chi connectivity index (χ3v) is 6.09. The second kappa shape index (κ2) is 11.0. The Bertz CT molecular complexity index is 1150. The predicted octanol–water partition coefficient (Wildman–Crippen LogP) is 3.92. The van der Waals surface area contributed by atoms with Gasteiger partial charge in [-0.25, -0.2) is 9.59 Å². The summed E-state index contributed by atoms with van der Waals surface area (Å²) in [6, 6.07) is 26.5. The molecule has 2 saturated heterocycles. The maximum absolute atomic E-state index is 13.1. The zero-order valence-corrected chi connectivity index (χ0v) is 19.6. The summed E-state index contributed by atoms with van der Waals surface area (Å²) < 4.78 is 35.5. The van der Waals surface area contributed by atoms with Crippen LogP contribution in [0.2, 0.25) is 0 Å². The fourth-order valence-corrected chi connectivity index (χ4v) is 4.31. The number of esters is 2. The molecule has 0 spiro atoms. The number of fused-ring (bicyclic) bond motifs is 1. The molecule has 2 fully saturated rings. The van der Waals surface area contributed by atoms with Gasteiger partial charge in [-0.1, -0.05) is 66.7 Å². The van der Waals surface area contributed by atoms with Crippen LogP contribution in [-0.2, 0) is 28.4 Å². The second-order valence-electron chi connectivity index (χ2n) is 8.43. The van der Waals surface area contributed by atoms with Crippen molar-refractivity contribution in [3.8, 4) is 0 Å². The Morgan fingerprint density at radius 1 is 0.722 bits per heavy atom. The molecule has 2 heterocycles. The van der Waals surface area contributed by atoms with E-state index >= 15 is 0 Å². The molecule has 3 aromatic carbocycles. The van der Waals surface area contributed by atoms with Crippen LogP contribution in [0.15, 0.2) is 91.0 Å². The van der Waals surface area contributed by atoms with Gasteiger partial charge < -0.3 is 28.4 Å². The molecule has 0 saturated carbocycles. The minimum Gasteiger partial charge on any atom is -0.452 e. The normalized spacial score (nSPS) is 27.5. The summed E-state index contributed by atoms with van der Waals surface area (Å²) in [4.78, 5) is 26.1. The van der Waals surface area contributed by atoms with Crippen LogP contribution >= 0.6 is 0 Å². The van der Waals surface area contributed by atoms with E-state index in [0.29, 0.717) is 11.1 Å². The van der Waals surface area contributed by atoms with Crippen molar-refractivity contribution in [2.45, 2.75) is 37.0 Å². The first-order valence-corrected chi connectivity index (χ1v) is 11.7. The highest BCUT2D eigenvalue weighted by molar-refractivity contribution is 5.90. The smallest absolute Gasteiger partial charge is 0.338 e. The lowest BCUT2D eigenvalue weighted by atomic mass is 9.97. The molecule has 2 aliphatic heterocycles. The SMILES string of the molecule is CO[C@H]1O[C@H]2CO[C@H](c3ccccc3)O[C@@H]2[C@@H](OC(=O)c2ccccc2)[C@H]1OC(=O)c1ccccc1. The molecule has 0 aromatic heterocycles. The number of hydrogen-bond donors (Lipinski definition) is 0. The standard InChI is InChI=1S/C28H26O8/c1-31-28-24(35-26(30)19-13-7-3-8-14-19)23(34-25(29)18-11-5-2-6-12-18)22-21(33-28)17-32-27(36-22)20-15-9-4-10-16-20/h2-16,21-24,27-28H,17H2,1H3/t21-,22-,23+,24+,27-,28-/m0/s1. The third-order valence-electron chi connectivity index (χ3n) is 6.09. The lowest BCUT2D eigenvalue weighted by molar-refractivity contribution is -0.356. The van der Waals surface area contributed by atoms with Crippen molar-refractivity contribution < 1.29 is 38.0 Å². The Morgan fingerprint density at radius 3 is 1.81 bits per heavy atom. The molecule has 3 aromatic rings. The lowest BCUT2D eigenvalue weighted by Gasteiger charge is -2.47. The fraction of sp³-hybridized carbons (Fsp3) is 0.286. The third kappa shape index (κ3) is 5.17. The highest BCUT2D eigenvalue weighted by Gasteiger charge is 2.54. The van der Waals surface area contributed by atoms with Gasteiger partial charge in [0.15, 0.2) is 24.8 Å². The van der Waals surface area contributed by atoms with E-state index in [2.05, 4.69) is 0 Å². The van der Waals surface area contributed by atoms with E-state index in [1.54, 1.807) is 60.7 Å². The Morgan fingerprint density at radius 2 is 1.25 bits per heavy atom. The average molecular weight is 491 g/mol. The average Bonchev–Trinajstić information content (AvgIpc) is 2.95. The highest BCUT2D eigenvalue weighted by Crippen LogP contribution is 2.37. The van der Waals surface area contributed by atoms with Crippen molar-refractivity contribution >= 4 is 11.9 Å². The number of carbonyl (C=O) groups is 2. The van der Waals surface area contributed by atoms with Crippen LogP contribution in [0.4, 0.5) is 0 Å². The first kappa shape index (κ1) is 24.1. The van der Waals surface area contributed by atoms with Gasteiger partial charge in [0.05, 0.1) is 17.7 Å². The number of benzene rings is 3. The van der Waals surface area contributed by atoms with E-state index in [4.69, 9.17) is 28.4 Å². The van der Waals surface area contributed by atoms with Gasteiger partial charge in [0.2, 0.25) is 0 Å². The van der Waals surface area contributed by atoms with E-state index in [9.17, 15) is 9.59 Å². The summed E-state index contributed by atoms with van der Waals surface area (Å²) in [5, 5.41) is 0. The van der Waals surface area contributed by atoms with Crippen LogP contribution in [-0.4, -0.2) is 56.4 Å². The van der Waals surface area contributed by atoms with Crippen molar-refractivity contribution in [3.05, 3.63) is 108 Å². The molecule has 0 unspecified atom stereocenters. The quantitative estimate of drug-likeness (QED) is 0.481. The zero-order valence-electron chi connectivity index (χ0n) is 19.6. The minimum atomic E-state index is -1.09. The molecule has 5 rings (SSSR count). The van der Waals surface area contributed by atoms with E-state index in [0.717, 1.165) is 5.56 Å². The summed E-state index contributed by atoms with van der Waals surface area (Å²) in [7, 11) is 1.43. The van der Waals surface area contributed by atoms with Gasteiger partial charge in [0.25, 0.3) is 0 Å². The Labute approximate surface area is 208 Å². The fourth-order valence-electron chi connectivity index (χ4n) is 4.31. The molecular weight excluding hydrogens is 464 g/mol. The maximum Gasteiger partial charge on any atom is 0.338 e. The number of methoxy groups -OCH3 is 1. The van der Waals surface area contributed by atoms with Crippen molar-refractivity contribution in [2.24, 2.45) is 0 Å². The molecular formula is C28H26O8. The van der Waals surface area contributed by atoms with E-state index in [1.165, 1.54) is 7.11 Å². The topological polar surface area (TPSA) is 89.5 Å². The van der Waals surface area contributed by atoms with E-state index in [-0.39, 0.29) is 6.61 Å². The van der Waals surface area contributed by atoms with Gasteiger partial charge in [0.1, 0.15) is 12.2 Å². The first-order chi connectivity index (χ1) is 17.6. The maximum atomic E-state index is 13.1. The van der Waals surface area contributed by atoms with Crippen molar-refractivity contribution in [1.82, 2.24) is 0 Å². The number of rotatable bonds is 6. The number of hydrogen-bond acceptors (Lipinski definition) is 8. The molecule has 0 bridgehead atoms. The van der Waals surface area contributed by atoms with Crippen LogP contribution < -0.4 is 0 Å². The van der Waals surface area contributed by atoms with Crippen LogP contribution in [0.1, 0.15) is 32.6 Å². The zero-order chi connectivity index (χ0) is 24.9. The Balaban J connectivity index is 1.46. The molecule has 6 atom stereocenters. The number of carbonyl (C=O) groups excluding carboxylic acids is 2. The molecule has 0 N–H and O–H groups in total.